The largest absolute Gasteiger partial charge is 0.507 e. The van der Waals surface area contributed by atoms with Gasteiger partial charge in [-0.15, -0.1) is 0 Å². The van der Waals surface area contributed by atoms with Gasteiger partial charge in [-0.1, -0.05) is 54.3 Å². The predicted molar refractivity (Wildman–Crippen MR) is 68.2 cm³/mol. The van der Waals surface area contributed by atoms with E-state index in [1.165, 1.54) is 0 Å². The number of fused-ring (bicyclic) bond motifs is 1. The standard InChI is InChI=1S/C14H10OS/c15-12-9-14(10-5-1-2-6-10)16-13-8-4-3-7-11(12)13/h1-9,15H. The van der Waals surface area contributed by atoms with Crippen LogP contribution in [0.5, 0.6) is 0 Å². The molecular weight excluding hydrogens is 216 g/mol. The van der Waals surface area contributed by atoms with Crippen LogP contribution < -0.4 is 0 Å². The van der Waals surface area contributed by atoms with E-state index in [0.717, 1.165) is 20.9 Å². The summed E-state index contributed by atoms with van der Waals surface area (Å²) in [5, 5.41) is 9.96. The number of rotatable bonds is 0. The smallest absolute Gasteiger partial charge is 0.125 e. The number of aliphatic hydroxyl groups is 1. The van der Waals surface area contributed by atoms with Gasteiger partial charge in [0.2, 0.25) is 0 Å². The van der Waals surface area contributed by atoms with Crippen LogP contribution in [0.3, 0.4) is 0 Å². The minimum atomic E-state index is 0.352. The summed E-state index contributed by atoms with van der Waals surface area (Å²) in [6.45, 7) is 0. The molecule has 0 aromatic heterocycles. The number of hydrogen-bond acceptors (Lipinski definition) is 2. The summed E-state index contributed by atoms with van der Waals surface area (Å²) in [5.41, 5.74) is 2.08. The summed E-state index contributed by atoms with van der Waals surface area (Å²) in [4.78, 5) is 2.21. The number of benzene rings is 1. The first-order valence-electron chi connectivity index (χ1n) is 5.11. The van der Waals surface area contributed by atoms with Gasteiger partial charge < -0.3 is 5.11 Å². The number of allylic oxidation sites excluding steroid dienone is 6. The lowest BCUT2D eigenvalue weighted by molar-refractivity contribution is 0.509. The molecule has 0 radical (unpaired) electrons. The minimum absolute atomic E-state index is 0.352. The molecule has 0 saturated carbocycles. The van der Waals surface area contributed by atoms with E-state index in [0.29, 0.717) is 5.76 Å². The Morgan fingerprint density at radius 3 is 2.56 bits per heavy atom. The topological polar surface area (TPSA) is 20.2 Å². The maximum atomic E-state index is 9.96. The zero-order chi connectivity index (χ0) is 11.0. The molecule has 0 fully saturated rings. The van der Waals surface area contributed by atoms with E-state index in [1.807, 2.05) is 42.5 Å². The van der Waals surface area contributed by atoms with Crippen molar-refractivity contribution in [1.82, 2.24) is 0 Å². The summed E-state index contributed by atoms with van der Waals surface area (Å²) in [5.74, 6) is 0.352. The molecule has 16 heavy (non-hydrogen) atoms. The average molecular weight is 226 g/mol. The number of hydrogen-bond donors (Lipinski definition) is 1. The average Bonchev–Trinajstić information content (AvgIpc) is 2.82. The van der Waals surface area contributed by atoms with Crippen LogP contribution in [-0.2, 0) is 0 Å². The van der Waals surface area contributed by atoms with Crippen molar-refractivity contribution in [2.75, 3.05) is 0 Å². The highest BCUT2D eigenvalue weighted by Crippen LogP contribution is 2.41. The van der Waals surface area contributed by atoms with Gasteiger partial charge in [0, 0.05) is 15.4 Å². The monoisotopic (exact) mass is 226 g/mol. The van der Waals surface area contributed by atoms with Gasteiger partial charge in [-0.05, 0) is 17.7 Å². The molecule has 0 saturated heterocycles. The van der Waals surface area contributed by atoms with Crippen molar-refractivity contribution in [3.8, 4) is 0 Å². The third-order valence-electron chi connectivity index (χ3n) is 2.60. The molecule has 0 unspecified atom stereocenters. The summed E-state index contributed by atoms with van der Waals surface area (Å²) in [6, 6.07) is 7.91. The lowest BCUT2D eigenvalue weighted by atomic mass is 10.1. The van der Waals surface area contributed by atoms with E-state index in [9.17, 15) is 5.11 Å². The Kier molecular flexibility index (Phi) is 2.22. The molecule has 0 bridgehead atoms. The maximum Gasteiger partial charge on any atom is 0.125 e. The fourth-order valence-electron chi connectivity index (χ4n) is 1.80. The van der Waals surface area contributed by atoms with Crippen molar-refractivity contribution in [2.24, 2.45) is 0 Å². The molecule has 1 N–H and O–H groups in total. The Morgan fingerprint density at radius 2 is 1.75 bits per heavy atom. The summed E-state index contributed by atoms with van der Waals surface area (Å²) in [6.07, 6.45) is 9.96. The third kappa shape index (κ3) is 1.51. The number of aliphatic hydroxyl groups excluding tert-OH is 1. The minimum Gasteiger partial charge on any atom is -0.507 e. The van der Waals surface area contributed by atoms with Gasteiger partial charge in [-0.3, -0.25) is 0 Å². The fourth-order valence-corrected chi connectivity index (χ4v) is 2.89. The van der Waals surface area contributed by atoms with E-state index in [1.54, 1.807) is 11.8 Å². The summed E-state index contributed by atoms with van der Waals surface area (Å²) >= 11 is 1.70. The van der Waals surface area contributed by atoms with Crippen LogP contribution in [0, 0.1) is 0 Å². The molecule has 78 valence electrons. The zero-order valence-electron chi connectivity index (χ0n) is 8.55. The van der Waals surface area contributed by atoms with E-state index < -0.39 is 0 Å². The van der Waals surface area contributed by atoms with Gasteiger partial charge >= 0.3 is 0 Å². The quantitative estimate of drug-likeness (QED) is 0.719. The predicted octanol–water partition coefficient (Wildman–Crippen LogP) is 4.07. The first-order chi connectivity index (χ1) is 7.84. The second-order valence-electron chi connectivity index (χ2n) is 3.67. The molecule has 0 atom stereocenters. The van der Waals surface area contributed by atoms with Crippen LogP contribution >= 0.6 is 11.8 Å². The van der Waals surface area contributed by atoms with Gasteiger partial charge in [0.15, 0.2) is 0 Å². The highest BCUT2D eigenvalue weighted by atomic mass is 32.2. The summed E-state index contributed by atoms with van der Waals surface area (Å²) < 4.78 is 0. The fraction of sp³-hybridized carbons (Fsp3) is 0. The second-order valence-corrected chi connectivity index (χ2v) is 4.75. The van der Waals surface area contributed by atoms with Gasteiger partial charge in [0.05, 0.1) is 0 Å². The Hall–Kier alpha value is -1.67. The van der Waals surface area contributed by atoms with Crippen LogP contribution in [0.1, 0.15) is 5.56 Å². The van der Waals surface area contributed by atoms with Crippen molar-refractivity contribution in [2.45, 2.75) is 4.90 Å². The maximum absolute atomic E-state index is 9.96. The van der Waals surface area contributed by atoms with Crippen molar-refractivity contribution in [3.63, 3.8) is 0 Å². The van der Waals surface area contributed by atoms with E-state index >= 15 is 0 Å². The molecule has 3 rings (SSSR count). The molecule has 1 aromatic carbocycles. The third-order valence-corrected chi connectivity index (χ3v) is 3.75. The first kappa shape index (κ1) is 9.55. The molecule has 1 aliphatic heterocycles. The van der Waals surface area contributed by atoms with E-state index in [-0.39, 0.29) is 0 Å². The SMILES string of the molecule is OC1=CC(=C2C=CC=C2)Sc2ccccc21. The van der Waals surface area contributed by atoms with Crippen LogP contribution in [0.15, 0.2) is 70.0 Å². The van der Waals surface area contributed by atoms with E-state index in [2.05, 4.69) is 12.2 Å². The first-order valence-corrected chi connectivity index (χ1v) is 5.93. The molecule has 2 aliphatic rings. The molecule has 0 amide bonds. The highest BCUT2D eigenvalue weighted by molar-refractivity contribution is 8.03. The molecule has 1 nitrogen and oxygen atoms in total. The van der Waals surface area contributed by atoms with Gasteiger partial charge in [0.1, 0.15) is 5.76 Å². The zero-order valence-corrected chi connectivity index (χ0v) is 9.37. The van der Waals surface area contributed by atoms with Crippen LogP contribution in [-0.4, -0.2) is 5.11 Å². The Morgan fingerprint density at radius 1 is 1.00 bits per heavy atom. The Balaban J connectivity index is 2.13. The van der Waals surface area contributed by atoms with Crippen molar-refractivity contribution >= 4 is 17.5 Å². The second kappa shape index (κ2) is 3.72. The van der Waals surface area contributed by atoms with Gasteiger partial charge in [-0.2, -0.15) is 0 Å². The molecule has 2 heteroatoms. The lowest BCUT2D eigenvalue weighted by Gasteiger charge is -2.16. The normalized spacial score (nSPS) is 17.6. The van der Waals surface area contributed by atoms with Gasteiger partial charge in [0.25, 0.3) is 0 Å². The molecule has 1 heterocycles. The Labute approximate surface area is 98.5 Å². The highest BCUT2D eigenvalue weighted by Gasteiger charge is 2.16. The molecule has 0 spiro atoms. The van der Waals surface area contributed by atoms with Crippen molar-refractivity contribution in [1.29, 1.82) is 0 Å². The molecule has 1 aromatic rings. The lowest BCUT2D eigenvalue weighted by Crippen LogP contribution is -1.94. The van der Waals surface area contributed by atoms with E-state index in [4.69, 9.17) is 0 Å². The molecule has 1 aliphatic carbocycles. The molecular formula is C14H10OS. The van der Waals surface area contributed by atoms with Crippen molar-refractivity contribution < 1.29 is 5.11 Å². The Bertz CT molecular complexity index is 548. The number of thioether (sulfide) groups is 1. The van der Waals surface area contributed by atoms with Gasteiger partial charge in [-0.25, -0.2) is 0 Å². The summed E-state index contributed by atoms with van der Waals surface area (Å²) in [7, 11) is 0. The van der Waals surface area contributed by atoms with Crippen LogP contribution in [0.25, 0.3) is 5.76 Å². The van der Waals surface area contributed by atoms with Crippen LogP contribution in [0.2, 0.25) is 0 Å². The van der Waals surface area contributed by atoms with Crippen molar-refractivity contribution in [3.05, 3.63) is 70.7 Å². The van der Waals surface area contributed by atoms with Crippen LogP contribution in [0.4, 0.5) is 0 Å².